The topological polar surface area (TPSA) is 114 Å². The first-order valence-electron chi connectivity index (χ1n) is 13.1. The van der Waals surface area contributed by atoms with Gasteiger partial charge in [-0.05, 0) is 58.7 Å². The van der Waals surface area contributed by atoms with E-state index in [4.69, 9.17) is 13.7 Å². The number of furan rings is 1. The van der Waals surface area contributed by atoms with Crippen LogP contribution in [0.3, 0.4) is 0 Å². The third-order valence-electron chi connectivity index (χ3n) is 7.00. The maximum Gasteiger partial charge on any atom is 0.339 e. The lowest BCUT2D eigenvalue weighted by Gasteiger charge is -2.11. The molecule has 7 nitrogen and oxygen atoms in total. The number of aromatic hydroxyl groups is 1. The Morgan fingerprint density at radius 2 is 1.51 bits per heavy atom. The number of carboxylic acid groups (broad SMARTS) is 1. The summed E-state index contributed by atoms with van der Waals surface area (Å²) in [5.41, 5.74) is 5.35. The van der Waals surface area contributed by atoms with Crippen molar-refractivity contribution >= 4 is 43.0 Å². The quantitative estimate of drug-likeness (QED) is 0.159. The standard InChI is InChI=1S/C34H23BrO7S/c35-29-19-24(42-43(39,40)25-15-17-27(34(37)38)30(36)20-25)14-16-26(29)22-10-12-23(13-11-22)33-28-8-4-5-9-31(28)41-32(33)18-21-6-2-1-3-7-21/h1-17,19-20,36H,18H2,(H,37,38). The van der Waals surface area contributed by atoms with E-state index in [1.807, 2.05) is 60.7 Å². The molecule has 6 aromatic rings. The summed E-state index contributed by atoms with van der Waals surface area (Å²) in [6.07, 6.45) is 0.659. The average molecular weight is 656 g/mol. The Morgan fingerprint density at radius 3 is 2.21 bits per heavy atom. The van der Waals surface area contributed by atoms with Gasteiger partial charge in [0.2, 0.25) is 0 Å². The fraction of sp³-hybridized carbons (Fsp3) is 0.0294. The summed E-state index contributed by atoms with van der Waals surface area (Å²) in [6, 6.07) is 33.9. The third-order valence-corrected chi connectivity index (χ3v) is 8.89. The zero-order chi connectivity index (χ0) is 30.1. The number of halogens is 1. The summed E-state index contributed by atoms with van der Waals surface area (Å²) in [7, 11) is -4.33. The number of fused-ring (bicyclic) bond motifs is 1. The first-order valence-corrected chi connectivity index (χ1v) is 15.4. The van der Waals surface area contributed by atoms with Crippen LogP contribution < -0.4 is 4.18 Å². The van der Waals surface area contributed by atoms with Gasteiger partial charge in [0.1, 0.15) is 33.3 Å². The number of para-hydroxylation sites is 1. The van der Waals surface area contributed by atoms with E-state index in [9.17, 15) is 18.3 Å². The van der Waals surface area contributed by atoms with Crippen LogP contribution in [0.1, 0.15) is 21.7 Å². The Hall–Kier alpha value is -4.86. The van der Waals surface area contributed by atoms with Crippen molar-refractivity contribution in [3.8, 4) is 33.8 Å². The molecule has 0 radical (unpaired) electrons. The van der Waals surface area contributed by atoms with Crippen molar-refractivity contribution in [2.45, 2.75) is 11.3 Å². The number of aromatic carboxylic acids is 1. The van der Waals surface area contributed by atoms with Gasteiger partial charge >= 0.3 is 16.1 Å². The van der Waals surface area contributed by atoms with E-state index in [2.05, 4.69) is 34.1 Å². The highest BCUT2D eigenvalue weighted by Crippen LogP contribution is 2.38. The zero-order valence-corrected chi connectivity index (χ0v) is 24.8. The zero-order valence-electron chi connectivity index (χ0n) is 22.4. The minimum absolute atomic E-state index is 0.0458. The van der Waals surface area contributed by atoms with E-state index in [1.165, 1.54) is 12.1 Å². The van der Waals surface area contributed by atoms with E-state index in [0.717, 1.165) is 62.7 Å². The van der Waals surface area contributed by atoms with Crippen LogP contribution in [0.5, 0.6) is 11.5 Å². The lowest BCUT2D eigenvalue weighted by Crippen LogP contribution is -2.10. The molecule has 9 heteroatoms. The number of benzene rings is 5. The number of carbonyl (C=O) groups is 1. The van der Waals surface area contributed by atoms with Gasteiger partial charge in [0.15, 0.2) is 0 Å². The van der Waals surface area contributed by atoms with E-state index in [1.54, 1.807) is 6.07 Å². The summed E-state index contributed by atoms with van der Waals surface area (Å²) in [5.74, 6) is -1.12. The molecule has 0 fully saturated rings. The molecule has 0 atom stereocenters. The Morgan fingerprint density at radius 1 is 0.814 bits per heavy atom. The Bertz CT molecular complexity index is 2080. The fourth-order valence-electron chi connectivity index (χ4n) is 4.94. The van der Waals surface area contributed by atoms with Gasteiger partial charge in [0.05, 0.1) is 0 Å². The Kier molecular flexibility index (Phi) is 7.52. The lowest BCUT2D eigenvalue weighted by molar-refractivity contribution is 0.0693. The van der Waals surface area contributed by atoms with Crippen molar-refractivity contribution in [3.05, 3.63) is 137 Å². The van der Waals surface area contributed by atoms with E-state index in [-0.39, 0.29) is 10.6 Å². The molecule has 0 spiro atoms. The molecule has 43 heavy (non-hydrogen) atoms. The SMILES string of the molecule is O=C(O)c1ccc(S(=O)(=O)Oc2ccc(-c3ccc(-c4c(Cc5ccccc5)oc5ccccc45)cc3)c(Br)c2)cc1O. The molecule has 0 unspecified atom stereocenters. The number of hydrogen-bond acceptors (Lipinski definition) is 6. The molecule has 6 rings (SSSR count). The largest absolute Gasteiger partial charge is 0.507 e. The lowest BCUT2D eigenvalue weighted by atomic mass is 9.96. The average Bonchev–Trinajstić information content (AvgIpc) is 3.35. The third kappa shape index (κ3) is 5.77. The van der Waals surface area contributed by atoms with Gasteiger partial charge in [-0.1, -0.05) is 88.7 Å². The van der Waals surface area contributed by atoms with Crippen molar-refractivity contribution < 1.29 is 32.0 Å². The molecule has 1 heterocycles. The Labute approximate surface area is 255 Å². The second-order valence-corrected chi connectivity index (χ2v) is 12.2. The summed E-state index contributed by atoms with van der Waals surface area (Å²) in [6.45, 7) is 0. The van der Waals surface area contributed by atoms with Gasteiger partial charge in [-0.3, -0.25) is 0 Å². The van der Waals surface area contributed by atoms with Crippen molar-refractivity contribution in [2.24, 2.45) is 0 Å². The van der Waals surface area contributed by atoms with Gasteiger partial charge < -0.3 is 18.8 Å². The molecule has 0 aliphatic carbocycles. The summed E-state index contributed by atoms with van der Waals surface area (Å²) in [5, 5.41) is 20.0. The van der Waals surface area contributed by atoms with Crippen molar-refractivity contribution in [3.63, 3.8) is 0 Å². The number of carboxylic acids is 1. The molecule has 5 aromatic carbocycles. The van der Waals surface area contributed by atoms with Crippen LogP contribution in [-0.4, -0.2) is 24.6 Å². The molecular weight excluding hydrogens is 632 g/mol. The monoisotopic (exact) mass is 654 g/mol. The normalized spacial score (nSPS) is 11.5. The van der Waals surface area contributed by atoms with Crippen molar-refractivity contribution in [1.82, 2.24) is 0 Å². The number of rotatable bonds is 8. The fourth-order valence-corrected chi connectivity index (χ4v) is 6.47. The second kappa shape index (κ2) is 11.4. The number of hydrogen-bond donors (Lipinski definition) is 2. The molecular formula is C34H23BrO7S. The van der Waals surface area contributed by atoms with E-state index < -0.39 is 27.4 Å². The van der Waals surface area contributed by atoms with Crippen LogP contribution in [0, 0.1) is 0 Å². The molecule has 0 amide bonds. The van der Waals surface area contributed by atoms with Gasteiger partial charge in [0.25, 0.3) is 0 Å². The first-order chi connectivity index (χ1) is 20.7. The van der Waals surface area contributed by atoms with E-state index >= 15 is 0 Å². The summed E-state index contributed by atoms with van der Waals surface area (Å²) in [4.78, 5) is 10.8. The molecule has 0 saturated carbocycles. The van der Waals surface area contributed by atoms with Gasteiger partial charge in [-0.15, -0.1) is 0 Å². The molecule has 0 saturated heterocycles. The molecule has 0 aliphatic heterocycles. The smallest absolute Gasteiger partial charge is 0.339 e. The maximum atomic E-state index is 12.8. The van der Waals surface area contributed by atoms with Crippen LogP contribution in [-0.2, 0) is 16.5 Å². The van der Waals surface area contributed by atoms with Crippen LogP contribution in [0.25, 0.3) is 33.2 Å². The molecule has 0 bridgehead atoms. The van der Waals surface area contributed by atoms with Gasteiger partial charge in [-0.25, -0.2) is 4.79 Å². The van der Waals surface area contributed by atoms with Gasteiger partial charge in [-0.2, -0.15) is 8.42 Å². The van der Waals surface area contributed by atoms with Crippen LogP contribution in [0.4, 0.5) is 0 Å². The van der Waals surface area contributed by atoms with Gasteiger partial charge in [0, 0.05) is 27.9 Å². The molecule has 0 aliphatic rings. The summed E-state index contributed by atoms with van der Waals surface area (Å²) < 4.78 is 37.7. The highest BCUT2D eigenvalue weighted by Gasteiger charge is 2.21. The molecule has 2 N–H and O–H groups in total. The molecule has 214 valence electrons. The van der Waals surface area contributed by atoms with Crippen LogP contribution in [0.15, 0.2) is 129 Å². The van der Waals surface area contributed by atoms with Crippen molar-refractivity contribution in [1.29, 1.82) is 0 Å². The molecule has 1 aromatic heterocycles. The first kappa shape index (κ1) is 28.3. The second-order valence-electron chi connectivity index (χ2n) is 9.80. The van der Waals surface area contributed by atoms with E-state index in [0.29, 0.717) is 10.9 Å². The number of phenols is 1. The minimum atomic E-state index is -4.33. The minimum Gasteiger partial charge on any atom is -0.507 e. The maximum absolute atomic E-state index is 12.8. The highest BCUT2D eigenvalue weighted by atomic mass is 79.9. The van der Waals surface area contributed by atoms with Crippen LogP contribution in [0.2, 0.25) is 0 Å². The predicted octanol–water partition coefficient (Wildman–Crippen LogP) is 8.29. The highest BCUT2D eigenvalue weighted by molar-refractivity contribution is 9.10. The predicted molar refractivity (Wildman–Crippen MR) is 167 cm³/mol. The summed E-state index contributed by atoms with van der Waals surface area (Å²) >= 11 is 3.53. The Balaban J connectivity index is 1.27. The van der Waals surface area contributed by atoms with Crippen molar-refractivity contribution in [2.75, 3.05) is 0 Å². The van der Waals surface area contributed by atoms with Crippen LogP contribution >= 0.6 is 15.9 Å².